The number of aromatic amines is 1. The molecule has 3 aromatic heterocycles. The van der Waals surface area contributed by atoms with Crippen LogP contribution in [-0.4, -0.2) is 57.4 Å². The molecule has 0 saturated carbocycles. The zero-order valence-corrected chi connectivity index (χ0v) is 17.6. The number of benzene rings is 1. The number of aryl methyl sites for hydroxylation is 1. The van der Waals surface area contributed by atoms with E-state index in [1.165, 1.54) is 17.7 Å². The molecular formula is C20H20N8O2S. The van der Waals surface area contributed by atoms with Crippen molar-refractivity contribution in [3.05, 3.63) is 47.4 Å². The van der Waals surface area contributed by atoms with Crippen LogP contribution >= 0.6 is 11.3 Å². The Morgan fingerprint density at radius 1 is 1.19 bits per heavy atom. The van der Waals surface area contributed by atoms with Gasteiger partial charge < -0.3 is 20.3 Å². The molecule has 1 aliphatic rings. The average Bonchev–Trinajstić information content (AvgIpc) is 3.46. The SMILES string of the molecule is Cc1ccc2[nH]ncc2c1NC(=O)c1cnc(Nc2cc(N3CCOCC3)ncn2)s1. The second-order valence-corrected chi connectivity index (χ2v) is 8.09. The van der Waals surface area contributed by atoms with Crippen molar-refractivity contribution >= 4 is 50.6 Å². The number of fused-ring (bicyclic) bond motifs is 1. The molecule has 11 heteroatoms. The van der Waals surface area contributed by atoms with Crippen molar-refractivity contribution < 1.29 is 9.53 Å². The van der Waals surface area contributed by atoms with Crippen LogP contribution in [0.25, 0.3) is 10.9 Å². The first-order valence-corrected chi connectivity index (χ1v) is 10.6. The van der Waals surface area contributed by atoms with Crippen LogP contribution in [0, 0.1) is 6.92 Å². The van der Waals surface area contributed by atoms with Crippen LogP contribution in [0.5, 0.6) is 0 Å². The van der Waals surface area contributed by atoms with E-state index in [1.54, 1.807) is 12.4 Å². The van der Waals surface area contributed by atoms with Gasteiger partial charge in [0.15, 0.2) is 5.13 Å². The van der Waals surface area contributed by atoms with Crippen molar-refractivity contribution in [2.45, 2.75) is 6.92 Å². The maximum absolute atomic E-state index is 12.8. The lowest BCUT2D eigenvalue weighted by Gasteiger charge is -2.27. The molecule has 158 valence electrons. The lowest BCUT2D eigenvalue weighted by Crippen LogP contribution is -2.36. The molecule has 1 fully saturated rings. The summed E-state index contributed by atoms with van der Waals surface area (Å²) in [7, 11) is 0. The van der Waals surface area contributed by atoms with Gasteiger partial charge in [0.1, 0.15) is 22.8 Å². The fourth-order valence-electron chi connectivity index (χ4n) is 3.39. The lowest BCUT2D eigenvalue weighted by atomic mass is 10.1. The minimum absolute atomic E-state index is 0.223. The molecule has 31 heavy (non-hydrogen) atoms. The molecular weight excluding hydrogens is 416 g/mol. The summed E-state index contributed by atoms with van der Waals surface area (Å²) < 4.78 is 5.39. The van der Waals surface area contributed by atoms with Gasteiger partial charge in [0.25, 0.3) is 5.91 Å². The highest BCUT2D eigenvalue weighted by molar-refractivity contribution is 7.17. The highest BCUT2D eigenvalue weighted by atomic mass is 32.1. The summed E-state index contributed by atoms with van der Waals surface area (Å²) in [5.41, 5.74) is 2.57. The molecule has 0 atom stereocenters. The average molecular weight is 437 g/mol. The number of morpholine rings is 1. The Bertz CT molecular complexity index is 1230. The Kier molecular flexibility index (Phi) is 5.18. The molecule has 1 aromatic carbocycles. The van der Waals surface area contributed by atoms with Gasteiger partial charge in [-0.3, -0.25) is 9.89 Å². The van der Waals surface area contributed by atoms with Crippen LogP contribution < -0.4 is 15.5 Å². The van der Waals surface area contributed by atoms with Crippen molar-refractivity contribution in [3.63, 3.8) is 0 Å². The Morgan fingerprint density at radius 3 is 2.94 bits per heavy atom. The predicted octanol–water partition coefficient (Wildman–Crippen LogP) is 2.95. The molecule has 5 rings (SSSR count). The normalized spacial score (nSPS) is 14.0. The number of hydrogen-bond donors (Lipinski definition) is 3. The smallest absolute Gasteiger partial charge is 0.267 e. The van der Waals surface area contributed by atoms with Gasteiger partial charge in [0, 0.05) is 24.5 Å². The van der Waals surface area contributed by atoms with Gasteiger partial charge in [0.05, 0.1) is 36.8 Å². The van der Waals surface area contributed by atoms with Crippen molar-refractivity contribution in [1.82, 2.24) is 25.1 Å². The number of anilines is 4. The zero-order valence-electron chi connectivity index (χ0n) is 16.8. The number of hydrogen-bond acceptors (Lipinski definition) is 9. The van der Waals surface area contributed by atoms with Crippen LogP contribution in [0.4, 0.5) is 22.5 Å². The molecule has 1 amide bonds. The fraction of sp³-hybridized carbons (Fsp3) is 0.250. The topological polar surface area (TPSA) is 121 Å². The van der Waals surface area contributed by atoms with Crippen molar-refractivity contribution in [3.8, 4) is 0 Å². The first-order valence-electron chi connectivity index (χ1n) is 9.79. The summed E-state index contributed by atoms with van der Waals surface area (Å²) in [6.45, 7) is 4.90. The standard InChI is InChI=1S/C20H20N8O2S/c1-12-2-3-14-13(9-24-27-14)18(12)26-19(29)15-10-21-20(31-15)25-16-8-17(23-11-22-16)28-4-6-30-7-5-28/h2-3,8-11H,4-7H2,1H3,(H,24,27)(H,26,29)(H,21,22,23,25). The number of nitrogens with zero attached hydrogens (tertiary/aromatic N) is 5. The van der Waals surface area contributed by atoms with E-state index in [9.17, 15) is 4.79 Å². The Hall–Kier alpha value is -3.57. The van der Waals surface area contributed by atoms with Crippen LogP contribution in [0.1, 0.15) is 15.2 Å². The summed E-state index contributed by atoms with van der Waals surface area (Å²) in [4.78, 5) is 28.4. The van der Waals surface area contributed by atoms with Crippen LogP contribution in [0.2, 0.25) is 0 Å². The monoisotopic (exact) mass is 436 g/mol. The summed E-state index contributed by atoms with van der Waals surface area (Å²) >= 11 is 1.26. The largest absolute Gasteiger partial charge is 0.378 e. The number of thiazole rings is 1. The molecule has 4 aromatic rings. The molecule has 0 spiro atoms. The zero-order chi connectivity index (χ0) is 21.2. The first kappa shape index (κ1) is 19.4. The van der Waals surface area contributed by atoms with E-state index in [1.807, 2.05) is 25.1 Å². The van der Waals surface area contributed by atoms with Gasteiger partial charge in [-0.05, 0) is 18.6 Å². The second kappa shape index (κ2) is 8.28. The molecule has 0 radical (unpaired) electrons. The Balaban J connectivity index is 1.30. The number of aromatic nitrogens is 5. The number of amides is 1. The molecule has 3 N–H and O–H groups in total. The van der Waals surface area contributed by atoms with E-state index in [0.717, 1.165) is 41.1 Å². The minimum Gasteiger partial charge on any atom is -0.378 e. The van der Waals surface area contributed by atoms with E-state index in [0.29, 0.717) is 29.0 Å². The van der Waals surface area contributed by atoms with Gasteiger partial charge in [-0.2, -0.15) is 5.10 Å². The second-order valence-electron chi connectivity index (χ2n) is 7.06. The van der Waals surface area contributed by atoms with E-state index >= 15 is 0 Å². The van der Waals surface area contributed by atoms with E-state index in [4.69, 9.17) is 4.74 Å². The number of nitrogens with one attached hydrogen (secondary N) is 3. The quantitative estimate of drug-likeness (QED) is 0.437. The number of carbonyl (C=O) groups is 1. The maximum atomic E-state index is 12.8. The van der Waals surface area contributed by atoms with Crippen LogP contribution in [0.15, 0.2) is 36.9 Å². The van der Waals surface area contributed by atoms with Gasteiger partial charge in [0.2, 0.25) is 0 Å². The molecule has 1 saturated heterocycles. The third-order valence-electron chi connectivity index (χ3n) is 5.02. The first-order chi connectivity index (χ1) is 15.2. The third-order valence-corrected chi connectivity index (χ3v) is 5.93. The lowest BCUT2D eigenvalue weighted by molar-refractivity contribution is 0.103. The van der Waals surface area contributed by atoms with Crippen LogP contribution in [-0.2, 0) is 4.74 Å². The summed E-state index contributed by atoms with van der Waals surface area (Å²) in [5, 5.41) is 14.6. The molecule has 1 aliphatic heterocycles. The minimum atomic E-state index is -0.223. The molecule has 0 bridgehead atoms. The molecule has 0 unspecified atom stereocenters. The molecule has 0 aliphatic carbocycles. The third kappa shape index (κ3) is 4.05. The molecule has 4 heterocycles. The van der Waals surface area contributed by atoms with Crippen molar-refractivity contribution in [2.75, 3.05) is 41.8 Å². The number of carbonyl (C=O) groups excluding carboxylic acids is 1. The van der Waals surface area contributed by atoms with E-state index in [2.05, 4.69) is 40.7 Å². The summed E-state index contributed by atoms with van der Waals surface area (Å²) in [6, 6.07) is 5.75. The van der Waals surface area contributed by atoms with Gasteiger partial charge in [-0.1, -0.05) is 17.4 Å². The van der Waals surface area contributed by atoms with E-state index < -0.39 is 0 Å². The number of H-pyrrole nitrogens is 1. The van der Waals surface area contributed by atoms with Crippen molar-refractivity contribution in [1.29, 1.82) is 0 Å². The number of ether oxygens (including phenoxy) is 1. The summed E-state index contributed by atoms with van der Waals surface area (Å²) in [5.74, 6) is 1.23. The number of rotatable bonds is 5. The Morgan fingerprint density at radius 2 is 2.06 bits per heavy atom. The van der Waals surface area contributed by atoms with Gasteiger partial charge in [-0.25, -0.2) is 15.0 Å². The molecule has 10 nitrogen and oxygen atoms in total. The summed E-state index contributed by atoms with van der Waals surface area (Å²) in [6.07, 6.45) is 4.78. The maximum Gasteiger partial charge on any atom is 0.267 e. The highest BCUT2D eigenvalue weighted by Gasteiger charge is 2.16. The van der Waals surface area contributed by atoms with Crippen LogP contribution in [0.3, 0.4) is 0 Å². The fourth-order valence-corrected chi connectivity index (χ4v) is 4.11. The highest BCUT2D eigenvalue weighted by Crippen LogP contribution is 2.28. The predicted molar refractivity (Wildman–Crippen MR) is 119 cm³/mol. The van der Waals surface area contributed by atoms with Gasteiger partial charge in [-0.15, -0.1) is 0 Å². The van der Waals surface area contributed by atoms with Crippen molar-refractivity contribution in [2.24, 2.45) is 0 Å². The Labute approximate surface area is 181 Å². The van der Waals surface area contributed by atoms with Gasteiger partial charge >= 0.3 is 0 Å². The van der Waals surface area contributed by atoms with E-state index in [-0.39, 0.29) is 5.91 Å².